The molecule has 21 heavy (non-hydrogen) atoms. The summed E-state index contributed by atoms with van der Waals surface area (Å²) in [7, 11) is -4.67. The Morgan fingerprint density at radius 1 is 0.857 bits per heavy atom. The first-order valence-corrected chi connectivity index (χ1v) is 6.97. The van der Waals surface area contributed by atoms with Crippen LogP contribution in [0.2, 0.25) is 0 Å². The van der Waals surface area contributed by atoms with E-state index in [1.807, 2.05) is 0 Å². The zero-order valence-electron chi connectivity index (χ0n) is 10.8. The molecular formula is C12H14N4O4S. The van der Waals surface area contributed by atoms with Crippen LogP contribution in [0.3, 0.4) is 0 Å². The Hall–Kier alpha value is -2.49. The quantitative estimate of drug-likeness (QED) is 0.288. The summed E-state index contributed by atoms with van der Waals surface area (Å²) in [6.07, 6.45) is 0. The zero-order valence-corrected chi connectivity index (χ0v) is 11.6. The van der Waals surface area contributed by atoms with Crippen LogP contribution in [0.1, 0.15) is 0 Å². The molecule has 2 rings (SSSR count). The summed E-state index contributed by atoms with van der Waals surface area (Å²) in [5.74, 6) is 0. The second-order valence-electron chi connectivity index (χ2n) is 3.88. The molecule has 0 atom stereocenters. The van der Waals surface area contributed by atoms with Gasteiger partial charge in [0, 0.05) is 12.1 Å². The topological polar surface area (TPSA) is 152 Å². The number of rotatable bonds is 2. The van der Waals surface area contributed by atoms with Crippen molar-refractivity contribution in [3.8, 4) is 0 Å². The molecular weight excluding hydrogens is 296 g/mol. The Labute approximate surface area is 121 Å². The number of hydrogen-bond donors (Lipinski definition) is 4. The summed E-state index contributed by atoms with van der Waals surface area (Å²) in [6.45, 7) is 0. The Bertz CT molecular complexity index is 691. The number of benzene rings is 2. The third-order valence-corrected chi connectivity index (χ3v) is 2.33. The molecule has 0 radical (unpaired) electrons. The van der Waals surface area contributed by atoms with Crippen LogP contribution in [0.5, 0.6) is 0 Å². The van der Waals surface area contributed by atoms with Crippen molar-refractivity contribution in [1.82, 2.24) is 4.70 Å². The maximum atomic E-state index is 10.0. The minimum atomic E-state index is -4.67. The van der Waals surface area contributed by atoms with Gasteiger partial charge < -0.3 is 17.0 Å². The molecule has 0 aliphatic carbocycles. The van der Waals surface area contributed by atoms with E-state index in [2.05, 4.69) is 0 Å². The Morgan fingerprint density at radius 2 is 1.14 bits per heavy atom. The number of para-hydroxylation sites is 4. The normalized spacial score (nSPS) is 10.4. The van der Waals surface area contributed by atoms with E-state index in [1.165, 1.54) is 0 Å². The van der Waals surface area contributed by atoms with E-state index in [0.717, 1.165) is 4.70 Å². The Kier molecular flexibility index (Phi) is 5.36. The van der Waals surface area contributed by atoms with Crippen molar-refractivity contribution in [3.05, 3.63) is 54.1 Å². The molecule has 0 aliphatic rings. The van der Waals surface area contributed by atoms with Crippen LogP contribution in [-0.4, -0.2) is 17.5 Å². The van der Waals surface area contributed by atoms with Crippen LogP contribution in [0.25, 0.3) is 5.53 Å². The maximum Gasteiger partial charge on any atom is 0.394 e. The van der Waals surface area contributed by atoms with Crippen molar-refractivity contribution in [2.24, 2.45) is 0 Å². The molecule has 112 valence electrons. The highest BCUT2D eigenvalue weighted by atomic mass is 32.3. The lowest BCUT2D eigenvalue weighted by molar-refractivity contribution is 0.381. The minimum absolute atomic E-state index is 0.494. The van der Waals surface area contributed by atoms with E-state index in [0.29, 0.717) is 22.7 Å². The molecule has 8 nitrogen and oxygen atoms in total. The summed E-state index contributed by atoms with van der Waals surface area (Å²) in [6, 6.07) is 14.1. The molecule has 0 unspecified atom stereocenters. The predicted octanol–water partition coefficient (Wildman–Crippen LogP) is 2.05. The van der Waals surface area contributed by atoms with Gasteiger partial charge in [0.15, 0.2) is 0 Å². The number of nitrogens with two attached hydrogens (primary N) is 2. The number of anilines is 2. The van der Waals surface area contributed by atoms with Crippen LogP contribution < -0.4 is 16.2 Å². The smallest absolute Gasteiger partial charge is 0.394 e. The molecule has 0 amide bonds. The predicted molar refractivity (Wildman–Crippen MR) is 80.7 cm³/mol. The van der Waals surface area contributed by atoms with Crippen LogP contribution in [0, 0.1) is 0 Å². The van der Waals surface area contributed by atoms with Gasteiger partial charge in [-0.05, 0) is 12.1 Å². The lowest BCUT2D eigenvalue weighted by atomic mass is 10.2. The molecule has 0 heterocycles. The monoisotopic (exact) mass is 310 g/mol. The van der Waals surface area contributed by atoms with E-state index >= 15 is 0 Å². The number of hydrogen-bond acceptors (Lipinski definition) is 4. The van der Waals surface area contributed by atoms with Gasteiger partial charge >= 0.3 is 10.4 Å². The fraction of sp³-hybridized carbons (Fsp3) is 0. The highest BCUT2D eigenvalue weighted by molar-refractivity contribution is 7.79. The molecule has 0 fully saturated rings. The average Bonchev–Trinajstić information content (AvgIpc) is 2.37. The zero-order chi connectivity index (χ0) is 16.0. The van der Waals surface area contributed by atoms with Crippen molar-refractivity contribution >= 4 is 33.1 Å². The van der Waals surface area contributed by atoms with Gasteiger partial charge in [0.2, 0.25) is 11.4 Å². The second-order valence-corrected chi connectivity index (χ2v) is 4.77. The van der Waals surface area contributed by atoms with Gasteiger partial charge in [-0.25, -0.2) is 4.70 Å². The second kappa shape index (κ2) is 6.79. The molecule has 2 aromatic carbocycles. The van der Waals surface area contributed by atoms with E-state index in [1.54, 1.807) is 48.5 Å². The molecule has 6 N–H and O–H groups in total. The van der Waals surface area contributed by atoms with Gasteiger partial charge in [0.05, 0.1) is 0 Å². The van der Waals surface area contributed by atoms with Crippen LogP contribution >= 0.6 is 0 Å². The highest BCUT2D eigenvalue weighted by Crippen LogP contribution is 2.29. The highest BCUT2D eigenvalue weighted by Gasteiger charge is 2.12. The van der Waals surface area contributed by atoms with Gasteiger partial charge in [0.25, 0.3) is 0 Å². The van der Waals surface area contributed by atoms with Crippen molar-refractivity contribution in [2.45, 2.75) is 0 Å². The van der Waals surface area contributed by atoms with Crippen molar-refractivity contribution < 1.29 is 17.5 Å². The Balaban J connectivity index is 0.000000383. The van der Waals surface area contributed by atoms with Gasteiger partial charge in [-0.2, -0.15) is 8.42 Å². The van der Waals surface area contributed by atoms with Crippen LogP contribution in [0.4, 0.5) is 22.7 Å². The molecule has 0 saturated carbocycles. The van der Waals surface area contributed by atoms with Crippen molar-refractivity contribution in [3.63, 3.8) is 0 Å². The molecule has 0 aliphatic heterocycles. The standard InChI is InChI=1S/C12H12N4.H2O4S/c13-9-5-1-3-7-11(9)16(15)12-8-4-2-6-10(12)14;1-5(2,3)4/h1-8H,13-14H2;(H2,1,2,3,4). The van der Waals surface area contributed by atoms with Gasteiger partial charge in [-0.1, -0.05) is 24.3 Å². The first-order valence-electron chi connectivity index (χ1n) is 5.58. The van der Waals surface area contributed by atoms with E-state index in [4.69, 9.17) is 29.0 Å². The van der Waals surface area contributed by atoms with Gasteiger partial charge in [-0.3, -0.25) is 9.11 Å². The first kappa shape index (κ1) is 16.6. The molecule has 0 saturated heterocycles. The first-order chi connectivity index (χ1) is 9.70. The lowest BCUT2D eigenvalue weighted by Crippen LogP contribution is -2.03. The summed E-state index contributed by atoms with van der Waals surface area (Å²) in [5, 5.41) is 0. The number of nitrogen functional groups attached to an aromatic ring is 2. The third kappa shape index (κ3) is 5.57. The molecule has 0 bridgehead atoms. The molecule has 0 aromatic heterocycles. The average molecular weight is 310 g/mol. The lowest BCUT2D eigenvalue weighted by Gasteiger charge is -2.09. The summed E-state index contributed by atoms with van der Waals surface area (Å²) in [4.78, 5) is 0. The van der Waals surface area contributed by atoms with E-state index < -0.39 is 10.4 Å². The largest absolute Gasteiger partial charge is 0.493 e. The van der Waals surface area contributed by atoms with Gasteiger partial charge in [-0.15, -0.1) is 0 Å². The van der Waals surface area contributed by atoms with Crippen LogP contribution in [0.15, 0.2) is 48.5 Å². The van der Waals surface area contributed by atoms with Crippen molar-refractivity contribution in [1.29, 1.82) is 0 Å². The summed E-state index contributed by atoms with van der Waals surface area (Å²) < 4.78 is 32.6. The van der Waals surface area contributed by atoms with Crippen LogP contribution in [-0.2, 0) is 10.4 Å². The SMILES string of the molecule is O=S(=O)(O)O.[N-]=[N+](c1ccccc1N)c1ccccc1N. The van der Waals surface area contributed by atoms with Crippen molar-refractivity contribution in [2.75, 3.05) is 11.5 Å². The number of nitrogens with zero attached hydrogens (tertiary/aromatic N) is 2. The summed E-state index contributed by atoms with van der Waals surface area (Å²) in [5.41, 5.74) is 23.6. The fourth-order valence-electron chi connectivity index (χ4n) is 1.49. The molecule has 9 heteroatoms. The fourth-order valence-corrected chi connectivity index (χ4v) is 1.49. The minimum Gasteiger partial charge on any atom is -0.493 e. The molecule has 2 aromatic rings. The Morgan fingerprint density at radius 3 is 1.43 bits per heavy atom. The summed E-state index contributed by atoms with van der Waals surface area (Å²) >= 11 is 0. The maximum absolute atomic E-state index is 10.0. The molecule has 0 spiro atoms. The van der Waals surface area contributed by atoms with E-state index in [9.17, 15) is 5.53 Å². The van der Waals surface area contributed by atoms with E-state index in [-0.39, 0.29) is 0 Å². The third-order valence-electron chi connectivity index (χ3n) is 2.33. The van der Waals surface area contributed by atoms with Gasteiger partial charge in [0.1, 0.15) is 11.4 Å².